The molecule has 380 valence electrons. The van der Waals surface area contributed by atoms with Gasteiger partial charge in [0, 0.05) is 45.0 Å². The molecule has 1 aromatic carbocycles. The first-order valence-electron chi connectivity index (χ1n) is 23.4. The van der Waals surface area contributed by atoms with Crippen molar-refractivity contribution in [2.45, 2.75) is 137 Å². The zero-order chi connectivity index (χ0) is 51.2. The van der Waals surface area contributed by atoms with Crippen molar-refractivity contribution < 1.29 is 62.4 Å². The molecule has 19 heteroatoms. The number of cyclic esters (lactones) is 2. The van der Waals surface area contributed by atoms with Crippen LogP contribution in [0, 0.1) is 17.8 Å². The van der Waals surface area contributed by atoms with Gasteiger partial charge in [-0.25, -0.2) is 14.4 Å². The van der Waals surface area contributed by atoms with Crippen LogP contribution in [0.15, 0.2) is 53.6 Å². The maximum absolute atomic E-state index is 14.2. The monoisotopic (exact) mass is 957 g/mol. The number of benzene rings is 1. The second kappa shape index (κ2) is 29.2. The molecule has 0 radical (unpaired) electrons. The van der Waals surface area contributed by atoms with Gasteiger partial charge in [-0.1, -0.05) is 83.5 Å². The maximum Gasteiger partial charge on any atom is 0.407 e. The molecule has 5 N–H and O–H groups in total. The molecule has 1 heterocycles. The van der Waals surface area contributed by atoms with Crippen molar-refractivity contribution in [2.75, 3.05) is 47.0 Å². The van der Waals surface area contributed by atoms with Gasteiger partial charge in [-0.2, -0.15) is 0 Å². The van der Waals surface area contributed by atoms with E-state index >= 15 is 0 Å². The van der Waals surface area contributed by atoms with Crippen LogP contribution in [0.2, 0.25) is 0 Å². The molecule has 68 heavy (non-hydrogen) atoms. The van der Waals surface area contributed by atoms with E-state index < -0.39 is 108 Å². The Hall–Kier alpha value is -5.82. The van der Waals surface area contributed by atoms with E-state index in [1.54, 1.807) is 64.1 Å². The number of allylic oxidation sites excluding steroid dienone is 1. The van der Waals surface area contributed by atoms with Gasteiger partial charge in [0.15, 0.2) is 6.10 Å². The van der Waals surface area contributed by atoms with E-state index in [1.165, 1.54) is 45.8 Å². The van der Waals surface area contributed by atoms with Gasteiger partial charge in [0.05, 0.1) is 26.4 Å². The highest BCUT2D eigenvalue weighted by molar-refractivity contribution is 5.96. The summed E-state index contributed by atoms with van der Waals surface area (Å²) in [5.74, 6) is -6.31. The van der Waals surface area contributed by atoms with Gasteiger partial charge in [-0.3, -0.25) is 24.0 Å². The summed E-state index contributed by atoms with van der Waals surface area (Å²) < 4.78 is 22.9. The molecular weight excluding hydrogens is 881 g/mol. The predicted octanol–water partition coefficient (Wildman–Crippen LogP) is 2.98. The number of hydrogen-bond donors (Lipinski definition) is 5. The minimum Gasteiger partial charge on any atom is -0.456 e. The molecule has 1 aliphatic rings. The highest BCUT2D eigenvalue weighted by atomic mass is 16.6. The molecule has 9 atom stereocenters. The van der Waals surface area contributed by atoms with Crippen LogP contribution >= 0.6 is 0 Å². The molecule has 0 saturated heterocycles. The third-order valence-electron chi connectivity index (χ3n) is 11.8. The Morgan fingerprint density at radius 3 is 2.18 bits per heavy atom. The van der Waals surface area contributed by atoms with E-state index in [0.717, 1.165) is 10.5 Å². The summed E-state index contributed by atoms with van der Waals surface area (Å²) in [6, 6.07) is 4.27. The Kier molecular flexibility index (Phi) is 25.0. The number of esters is 2. The largest absolute Gasteiger partial charge is 0.456 e. The average molecular weight is 957 g/mol. The third-order valence-corrected chi connectivity index (χ3v) is 11.8. The number of likely N-dealkylation sites (N-methyl/N-ethyl adjacent to an activating group) is 2. The molecule has 0 spiro atoms. The maximum atomic E-state index is 14.2. The molecule has 0 fully saturated rings. The second-order valence-electron chi connectivity index (χ2n) is 17.8. The smallest absolute Gasteiger partial charge is 0.407 e. The van der Waals surface area contributed by atoms with Gasteiger partial charge >= 0.3 is 18.0 Å². The summed E-state index contributed by atoms with van der Waals surface area (Å²) in [6.07, 6.45) is -0.480. The predicted molar refractivity (Wildman–Crippen MR) is 253 cm³/mol. The molecule has 1 aromatic rings. The summed E-state index contributed by atoms with van der Waals surface area (Å²) in [6.45, 7) is 16.3. The molecular formula is C49H76N6O13. The SMILES string of the molecule is C/C=C(\C)[C@H]1OC(=O)[C@@H](C)NC(=O)[C@H](C(C)CC)NC(=O)CN(C)C(=O)[C@@H](Cc2ccccc2)N(C)C(=O)[C@H](C)NC(=O)[C@@H](CC(C)C)OC(=O)/C(C)=C/C[C@H](OC(=O)NCCOCCO)[C@@H]1C. The highest BCUT2D eigenvalue weighted by Crippen LogP contribution is 2.26. The van der Waals surface area contributed by atoms with Crippen molar-refractivity contribution in [1.29, 1.82) is 0 Å². The lowest BCUT2D eigenvalue weighted by molar-refractivity contribution is -0.155. The number of amides is 6. The summed E-state index contributed by atoms with van der Waals surface area (Å²) >= 11 is 0. The number of nitrogens with zero attached hydrogens (tertiary/aromatic N) is 2. The number of alkyl carbamates (subject to hydrolysis) is 1. The lowest BCUT2D eigenvalue weighted by Crippen LogP contribution is -2.57. The fourth-order valence-corrected chi connectivity index (χ4v) is 7.26. The normalized spacial score (nSPS) is 26.4. The van der Waals surface area contributed by atoms with Crippen LogP contribution in [0.4, 0.5) is 4.79 Å². The van der Waals surface area contributed by atoms with Crippen molar-refractivity contribution >= 4 is 47.6 Å². The fraction of sp³-hybridized carbons (Fsp3) is 0.633. The Balaban J connectivity index is 2.70. The second-order valence-corrected chi connectivity index (χ2v) is 17.8. The molecule has 0 aromatic heterocycles. The molecule has 6 amide bonds. The van der Waals surface area contributed by atoms with Crippen LogP contribution in [-0.2, 0) is 58.9 Å². The molecule has 0 aliphatic carbocycles. The Bertz CT molecular complexity index is 1920. The Morgan fingerprint density at radius 2 is 1.57 bits per heavy atom. The van der Waals surface area contributed by atoms with Gasteiger partial charge in [-0.15, -0.1) is 0 Å². The zero-order valence-corrected chi connectivity index (χ0v) is 41.9. The standard InChI is InChI=1S/C49H76N6O13/c1-13-30(5)41-44(59)52-35(10)48(63)68-42(31(6)14-2)33(8)38(67-49(64)50-22-24-65-25-23-56)21-20-32(7)47(62)66-39(26-29(3)4)43(58)51-34(9)45(60)55(12)37(27-36-18-16-15-17-19-36)46(61)54(11)28-40(57)53-41/h14-20,29-30,33-35,37-39,41-42,56H,13,21-28H2,1-12H3,(H,50,64)(H,51,58)(H,52,59)(H,53,57)/b31-14+,32-20+/t30?,33-,34-,35+,37+,38-,39+,41-,42+/m0/s1. The number of nitrogens with one attached hydrogen (secondary N) is 4. The first-order valence-corrected chi connectivity index (χ1v) is 23.4. The van der Waals surface area contributed by atoms with Crippen LogP contribution in [0.25, 0.3) is 0 Å². The van der Waals surface area contributed by atoms with Crippen LogP contribution in [0.1, 0.15) is 94.1 Å². The topological polar surface area (TPSA) is 248 Å². The lowest BCUT2D eigenvalue weighted by Gasteiger charge is -2.33. The highest BCUT2D eigenvalue weighted by Gasteiger charge is 2.37. The number of ether oxygens (including phenoxy) is 4. The van der Waals surface area contributed by atoms with Crippen LogP contribution in [0.3, 0.4) is 0 Å². The van der Waals surface area contributed by atoms with Gasteiger partial charge < -0.3 is 55.1 Å². The van der Waals surface area contributed by atoms with Gasteiger partial charge in [0.25, 0.3) is 5.91 Å². The van der Waals surface area contributed by atoms with Crippen LogP contribution in [0.5, 0.6) is 0 Å². The third kappa shape index (κ3) is 18.7. The Morgan fingerprint density at radius 1 is 0.926 bits per heavy atom. The van der Waals surface area contributed by atoms with Crippen molar-refractivity contribution in [3.63, 3.8) is 0 Å². The molecule has 19 nitrogen and oxygen atoms in total. The summed E-state index contributed by atoms with van der Waals surface area (Å²) in [7, 11) is 2.82. The van der Waals surface area contributed by atoms with Gasteiger partial charge in [0.2, 0.25) is 23.6 Å². The number of aliphatic hydroxyl groups excluding tert-OH is 1. The van der Waals surface area contributed by atoms with Crippen molar-refractivity contribution in [1.82, 2.24) is 31.1 Å². The van der Waals surface area contributed by atoms with E-state index in [-0.39, 0.29) is 57.1 Å². The minimum atomic E-state index is -1.33. The number of carbonyl (C=O) groups excluding carboxylic acids is 8. The molecule has 0 bridgehead atoms. The lowest BCUT2D eigenvalue weighted by atomic mass is 9.90. The van der Waals surface area contributed by atoms with Crippen molar-refractivity contribution in [2.24, 2.45) is 17.8 Å². The van der Waals surface area contributed by atoms with Crippen molar-refractivity contribution in [3.05, 3.63) is 59.2 Å². The molecule has 1 unspecified atom stereocenters. The van der Waals surface area contributed by atoms with Crippen molar-refractivity contribution in [3.8, 4) is 0 Å². The number of carbonyl (C=O) groups is 8. The van der Waals surface area contributed by atoms with Gasteiger partial charge in [0.1, 0.15) is 36.4 Å². The van der Waals surface area contributed by atoms with E-state index in [1.807, 2.05) is 20.8 Å². The Labute approximate surface area is 401 Å². The summed E-state index contributed by atoms with van der Waals surface area (Å²) in [5.41, 5.74) is 1.37. The molecule has 2 rings (SSSR count). The first kappa shape index (κ1) is 58.3. The fourth-order valence-electron chi connectivity index (χ4n) is 7.26. The quantitative estimate of drug-likeness (QED) is 0.0827. The van der Waals surface area contributed by atoms with Crippen LogP contribution < -0.4 is 21.3 Å². The van der Waals surface area contributed by atoms with E-state index in [4.69, 9.17) is 24.1 Å². The summed E-state index contributed by atoms with van der Waals surface area (Å²) in [4.78, 5) is 113. The zero-order valence-electron chi connectivity index (χ0n) is 41.9. The number of rotatable bonds is 13. The van der Waals surface area contributed by atoms with E-state index in [0.29, 0.717) is 12.0 Å². The number of hydrogen-bond acceptors (Lipinski definition) is 13. The summed E-state index contributed by atoms with van der Waals surface area (Å²) in [5, 5.41) is 19.6. The average Bonchev–Trinajstić information content (AvgIpc) is 3.30. The number of aliphatic hydroxyl groups is 1. The first-order chi connectivity index (χ1) is 32.1. The molecule has 1 aliphatic heterocycles. The van der Waals surface area contributed by atoms with Crippen LogP contribution in [-0.4, -0.2) is 152 Å². The van der Waals surface area contributed by atoms with Gasteiger partial charge in [-0.05, 0) is 64.0 Å². The minimum absolute atomic E-state index is 0.0473. The van der Waals surface area contributed by atoms with E-state index in [2.05, 4.69) is 21.3 Å². The molecule has 0 saturated carbocycles. The van der Waals surface area contributed by atoms with E-state index in [9.17, 15) is 38.4 Å².